The number of halogens is 2. The molecule has 1 heterocycles. The van der Waals surface area contributed by atoms with Crippen LogP contribution in [0.1, 0.15) is 17.0 Å². The van der Waals surface area contributed by atoms with E-state index in [0.29, 0.717) is 16.6 Å². The fourth-order valence-electron chi connectivity index (χ4n) is 2.60. The summed E-state index contributed by atoms with van der Waals surface area (Å²) in [4.78, 5) is 0. The molecule has 0 saturated heterocycles. The van der Waals surface area contributed by atoms with E-state index in [2.05, 4.69) is 45.6 Å². The largest absolute Gasteiger partial charge is 0.302 e. The molecule has 26 heavy (non-hydrogen) atoms. The van der Waals surface area contributed by atoms with Crippen molar-refractivity contribution < 1.29 is 0 Å². The summed E-state index contributed by atoms with van der Waals surface area (Å²) in [5.74, 6) is 1.73. The van der Waals surface area contributed by atoms with Gasteiger partial charge in [-0.25, -0.2) is 0 Å². The zero-order valence-corrected chi connectivity index (χ0v) is 16.6. The number of aryl methyl sites for hydroxylation is 2. The maximum Gasteiger partial charge on any atom is 0.191 e. The summed E-state index contributed by atoms with van der Waals surface area (Å²) >= 11 is 13.7. The van der Waals surface area contributed by atoms with Gasteiger partial charge in [0.25, 0.3) is 0 Å². The van der Waals surface area contributed by atoms with Crippen LogP contribution in [0, 0.1) is 0 Å². The number of aromatic nitrogens is 3. The van der Waals surface area contributed by atoms with Gasteiger partial charge in [-0.05, 0) is 29.7 Å². The van der Waals surface area contributed by atoms with Crippen molar-refractivity contribution in [1.82, 2.24) is 14.8 Å². The van der Waals surface area contributed by atoms with E-state index in [9.17, 15) is 0 Å². The van der Waals surface area contributed by atoms with Gasteiger partial charge in [0, 0.05) is 18.7 Å². The monoisotopic (exact) mass is 403 g/mol. The van der Waals surface area contributed by atoms with Gasteiger partial charge < -0.3 is 4.57 Å². The van der Waals surface area contributed by atoms with Crippen LogP contribution in [0.2, 0.25) is 10.0 Å². The summed E-state index contributed by atoms with van der Waals surface area (Å²) in [7, 11) is 0. The van der Waals surface area contributed by atoms with Crippen LogP contribution in [0.25, 0.3) is 0 Å². The molecule has 3 rings (SSSR count). The smallest absolute Gasteiger partial charge is 0.191 e. The first kappa shape index (κ1) is 19.0. The minimum absolute atomic E-state index is 0.568. The first-order valence-corrected chi connectivity index (χ1v) is 10.0. The normalized spacial score (nSPS) is 10.8. The molecule has 0 atom stereocenters. The molecular formula is C20H19Cl2N3S. The van der Waals surface area contributed by atoms with E-state index in [1.54, 1.807) is 11.8 Å². The van der Waals surface area contributed by atoms with Crippen molar-refractivity contribution >= 4 is 35.0 Å². The maximum absolute atomic E-state index is 6.09. The molecule has 0 spiro atoms. The molecule has 0 aliphatic carbocycles. The molecule has 1 aromatic heterocycles. The number of hydrogen-bond donors (Lipinski definition) is 0. The molecule has 134 valence electrons. The third-order valence-electron chi connectivity index (χ3n) is 3.94. The van der Waals surface area contributed by atoms with E-state index in [1.807, 2.05) is 30.3 Å². The van der Waals surface area contributed by atoms with Crippen LogP contribution in [-0.4, -0.2) is 14.8 Å². The highest BCUT2D eigenvalue weighted by atomic mass is 35.5. The summed E-state index contributed by atoms with van der Waals surface area (Å²) in [6.07, 6.45) is 3.66. The van der Waals surface area contributed by atoms with Crippen LogP contribution < -0.4 is 0 Å². The van der Waals surface area contributed by atoms with E-state index in [1.165, 1.54) is 5.56 Å². The second-order valence-electron chi connectivity index (χ2n) is 5.82. The third-order valence-corrected chi connectivity index (χ3v) is 5.71. The Balaban J connectivity index is 1.69. The Morgan fingerprint density at radius 1 is 0.962 bits per heavy atom. The number of allylic oxidation sites excluding steroid dienone is 1. The Hall–Kier alpha value is -1.75. The highest BCUT2D eigenvalue weighted by molar-refractivity contribution is 7.98. The Morgan fingerprint density at radius 2 is 1.77 bits per heavy atom. The van der Waals surface area contributed by atoms with E-state index >= 15 is 0 Å². The predicted molar refractivity (Wildman–Crippen MR) is 110 cm³/mol. The lowest BCUT2D eigenvalue weighted by Gasteiger charge is -2.08. The third kappa shape index (κ3) is 4.91. The second kappa shape index (κ2) is 9.26. The Morgan fingerprint density at radius 3 is 2.50 bits per heavy atom. The van der Waals surface area contributed by atoms with E-state index < -0.39 is 0 Å². The topological polar surface area (TPSA) is 30.7 Å². The predicted octanol–water partition coefficient (Wildman–Crippen LogP) is 5.85. The van der Waals surface area contributed by atoms with Gasteiger partial charge in [0.2, 0.25) is 0 Å². The van der Waals surface area contributed by atoms with Crippen LogP contribution in [-0.2, 0) is 25.1 Å². The molecule has 3 aromatic rings. The number of rotatable bonds is 8. The lowest BCUT2D eigenvalue weighted by Crippen LogP contribution is -2.05. The van der Waals surface area contributed by atoms with Crippen molar-refractivity contribution in [2.75, 3.05) is 0 Å². The van der Waals surface area contributed by atoms with Gasteiger partial charge in [-0.1, -0.05) is 77.4 Å². The highest BCUT2D eigenvalue weighted by Gasteiger charge is 2.12. The fraction of sp³-hybridized carbons (Fsp3) is 0.200. The van der Waals surface area contributed by atoms with Crippen molar-refractivity contribution in [2.24, 2.45) is 0 Å². The SMILES string of the molecule is C=CCn1c(CCc2ccccc2)nnc1SCc1ccc(Cl)c(Cl)c1. The Kier molecular flexibility index (Phi) is 6.78. The number of thioether (sulfide) groups is 1. The van der Waals surface area contributed by atoms with Crippen LogP contribution in [0.5, 0.6) is 0 Å². The van der Waals surface area contributed by atoms with Gasteiger partial charge in [0.1, 0.15) is 5.82 Å². The van der Waals surface area contributed by atoms with Crippen molar-refractivity contribution in [3.05, 3.63) is 88.2 Å². The number of benzene rings is 2. The lowest BCUT2D eigenvalue weighted by molar-refractivity contribution is 0.673. The van der Waals surface area contributed by atoms with Gasteiger partial charge in [0.05, 0.1) is 10.0 Å². The molecule has 0 unspecified atom stereocenters. The molecule has 0 fully saturated rings. The lowest BCUT2D eigenvalue weighted by atomic mass is 10.1. The molecule has 0 bridgehead atoms. The Bertz CT molecular complexity index is 878. The standard InChI is InChI=1S/C20H19Cl2N3S/c1-2-12-25-19(11-9-15-6-4-3-5-7-15)23-24-20(25)26-14-16-8-10-17(21)18(22)13-16/h2-8,10,13H,1,9,11-12,14H2. The minimum atomic E-state index is 0.568. The van der Waals surface area contributed by atoms with Gasteiger partial charge in [-0.2, -0.15) is 0 Å². The molecular weight excluding hydrogens is 385 g/mol. The first-order valence-electron chi connectivity index (χ1n) is 8.31. The molecule has 6 heteroatoms. The van der Waals surface area contributed by atoms with Crippen molar-refractivity contribution in [3.8, 4) is 0 Å². The molecule has 0 saturated carbocycles. The summed E-state index contributed by atoms with van der Waals surface area (Å²) in [5.41, 5.74) is 2.40. The molecule has 0 radical (unpaired) electrons. The average Bonchev–Trinajstić information content (AvgIpc) is 3.04. The van der Waals surface area contributed by atoms with Gasteiger partial charge in [-0.15, -0.1) is 16.8 Å². The number of hydrogen-bond acceptors (Lipinski definition) is 3. The van der Waals surface area contributed by atoms with Gasteiger partial charge in [0.15, 0.2) is 5.16 Å². The second-order valence-corrected chi connectivity index (χ2v) is 7.58. The summed E-state index contributed by atoms with van der Waals surface area (Å²) in [5, 5.41) is 10.8. The van der Waals surface area contributed by atoms with Gasteiger partial charge in [-0.3, -0.25) is 0 Å². The van der Waals surface area contributed by atoms with Crippen molar-refractivity contribution in [2.45, 2.75) is 30.3 Å². The molecule has 0 aliphatic heterocycles. The van der Waals surface area contributed by atoms with Gasteiger partial charge >= 0.3 is 0 Å². The number of nitrogens with zero attached hydrogens (tertiary/aromatic N) is 3. The van der Waals surface area contributed by atoms with Crippen molar-refractivity contribution in [3.63, 3.8) is 0 Å². The quantitative estimate of drug-likeness (QED) is 0.349. The van der Waals surface area contributed by atoms with E-state index in [-0.39, 0.29) is 0 Å². The molecule has 0 amide bonds. The molecule has 0 N–H and O–H groups in total. The molecule has 2 aromatic carbocycles. The summed E-state index contributed by atoms with van der Waals surface area (Å²) in [6.45, 7) is 4.55. The molecule has 3 nitrogen and oxygen atoms in total. The van der Waals surface area contributed by atoms with Crippen LogP contribution in [0.3, 0.4) is 0 Å². The highest BCUT2D eigenvalue weighted by Crippen LogP contribution is 2.27. The zero-order chi connectivity index (χ0) is 18.4. The maximum atomic E-state index is 6.09. The summed E-state index contributed by atoms with van der Waals surface area (Å²) < 4.78 is 2.12. The first-order chi connectivity index (χ1) is 12.7. The van der Waals surface area contributed by atoms with E-state index in [0.717, 1.165) is 35.1 Å². The van der Waals surface area contributed by atoms with Crippen LogP contribution in [0.15, 0.2) is 66.3 Å². The van der Waals surface area contributed by atoms with Crippen LogP contribution in [0.4, 0.5) is 0 Å². The summed E-state index contributed by atoms with van der Waals surface area (Å²) in [6, 6.07) is 16.1. The van der Waals surface area contributed by atoms with E-state index in [4.69, 9.17) is 23.2 Å². The molecule has 0 aliphatic rings. The fourth-order valence-corrected chi connectivity index (χ4v) is 3.83. The Labute approximate surface area is 168 Å². The zero-order valence-electron chi connectivity index (χ0n) is 14.2. The van der Waals surface area contributed by atoms with Crippen molar-refractivity contribution in [1.29, 1.82) is 0 Å². The minimum Gasteiger partial charge on any atom is -0.302 e. The average molecular weight is 404 g/mol. The van der Waals surface area contributed by atoms with Crippen LogP contribution >= 0.6 is 35.0 Å².